The summed E-state index contributed by atoms with van der Waals surface area (Å²) in [5.41, 5.74) is 1.49. The van der Waals surface area contributed by atoms with Crippen molar-refractivity contribution in [1.82, 2.24) is 9.78 Å². The lowest BCUT2D eigenvalue weighted by atomic mass is 10.1. The molecule has 1 aromatic heterocycles. The lowest BCUT2D eigenvalue weighted by molar-refractivity contribution is 0.0813. The molecule has 1 aliphatic heterocycles. The Labute approximate surface area is 115 Å². The van der Waals surface area contributed by atoms with E-state index in [2.05, 4.69) is 5.10 Å². The predicted molar refractivity (Wildman–Crippen MR) is 71.8 cm³/mol. The summed E-state index contributed by atoms with van der Waals surface area (Å²) in [6.45, 7) is 2.53. The number of hydrogen-bond donors (Lipinski definition) is 0. The monoisotopic (exact) mass is 276 g/mol. The number of carbonyl (C=O) groups excluding carboxylic acids is 1. The maximum Gasteiger partial charge on any atom is 0.223 e. The first-order valence-corrected chi connectivity index (χ1v) is 6.58. The van der Waals surface area contributed by atoms with Gasteiger partial charge in [0.1, 0.15) is 11.4 Å². The molecule has 0 aliphatic carbocycles. The Kier molecular flexibility index (Phi) is 3.03. The minimum atomic E-state index is -0.503. The van der Waals surface area contributed by atoms with Crippen LogP contribution in [0.5, 0.6) is 5.75 Å². The number of rotatable bonds is 3. The van der Waals surface area contributed by atoms with Crippen molar-refractivity contribution in [3.63, 3.8) is 0 Å². The molecule has 0 radical (unpaired) electrons. The van der Waals surface area contributed by atoms with Crippen molar-refractivity contribution in [3.8, 4) is 5.75 Å². The van der Waals surface area contributed by atoms with Crippen LogP contribution in [0.1, 0.15) is 23.0 Å². The van der Waals surface area contributed by atoms with E-state index in [1.807, 2.05) is 31.2 Å². The van der Waals surface area contributed by atoms with E-state index in [-0.39, 0.29) is 5.78 Å². The second-order valence-electron chi connectivity index (χ2n) is 4.44. The molecule has 0 bridgehead atoms. The zero-order chi connectivity index (χ0) is 13.4. The van der Waals surface area contributed by atoms with Crippen LogP contribution in [0.25, 0.3) is 0 Å². The molecule has 3 rings (SSSR count). The summed E-state index contributed by atoms with van der Waals surface area (Å²) in [6, 6.07) is 7.69. The first kappa shape index (κ1) is 12.2. The summed E-state index contributed by atoms with van der Waals surface area (Å²) in [5, 5.41) is 4.47. The number of aromatic nitrogens is 2. The van der Waals surface area contributed by atoms with Gasteiger partial charge in [-0.2, -0.15) is 5.10 Å². The average molecular weight is 277 g/mol. The van der Waals surface area contributed by atoms with Gasteiger partial charge in [0.2, 0.25) is 5.78 Å². The third-order valence-corrected chi connectivity index (χ3v) is 3.54. The van der Waals surface area contributed by atoms with Gasteiger partial charge in [-0.25, -0.2) is 0 Å². The molecular formula is C14H13ClN2O2. The van der Waals surface area contributed by atoms with Crippen LogP contribution in [0.15, 0.2) is 30.5 Å². The van der Waals surface area contributed by atoms with Crippen molar-refractivity contribution in [2.75, 3.05) is 0 Å². The van der Waals surface area contributed by atoms with Crippen molar-refractivity contribution in [2.24, 2.45) is 0 Å². The molecule has 0 fully saturated rings. The van der Waals surface area contributed by atoms with Gasteiger partial charge in [-0.15, -0.1) is 0 Å². The van der Waals surface area contributed by atoms with Crippen molar-refractivity contribution in [1.29, 1.82) is 0 Å². The molecule has 1 aliphatic rings. The molecule has 1 atom stereocenters. The lowest BCUT2D eigenvalue weighted by Crippen LogP contribution is -2.28. The summed E-state index contributed by atoms with van der Waals surface area (Å²) in [4.78, 5) is 12.5. The molecule has 0 N–H and O–H groups in total. The van der Waals surface area contributed by atoms with Crippen LogP contribution < -0.4 is 4.74 Å². The number of carbonyl (C=O) groups is 1. The molecule has 2 aromatic rings. The second-order valence-corrected chi connectivity index (χ2v) is 4.85. The lowest BCUT2D eigenvalue weighted by Gasteiger charge is -2.11. The Morgan fingerprint density at radius 1 is 1.53 bits per heavy atom. The normalized spacial score (nSPS) is 17.1. The molecule has 0 saturated heterocycles. The minimum Gasteiger partial charge on any atom is -0.482 e. The number of benzene rings is 1. The van der Waals surface area contributed by atoms with Crippen LogP contribution in [-0.2, 0) is 13.0 Å². The molecule has 2 heterocycles. The highest BCUT2D eigenvalue weighted by atomic mass is 35.5. The first-order valence-electron chi connectivity index (χ1n) is 6.20. The van der Waals surface area contributed by atoms with Gasteiger partial charge in [0.15, 0.2) is 6.10 Å². The molecule has 0 amide bonds. The van der Waals surface area contributed by atoms with Crippen molar-refractivity contribution < 1.29 is 9.53 Å². The summed E-state index contributed by atoms with van der Waals surface area (Å²) in [6.07, 6.45) is 1.58. The highest BCUT2D eigenvalue weighted by Crippen LogP contribution is 2.30. The standard InChI is InChI=1S/C14H13ClN2O2/c1-2-17-13(10(15)8-16-17)14(18)12-7-9-5-3-4-6-11(9)19-12/h3-6,8,12H,2,7H2,1H3. The van der Waals surface area contributed by atoms with Gasteiger partial charge in [0.05, 0.1) is 11.2 Å². The number of Topliss-reactive ketones (excluding diaryl/α,β-unsaturated/α-hetero) is 1. The highest BCUT2D eigenvalue weighted by molar-refractivity contribution is 6.33. The van der Waals surface area contributed by atoms with Crippen LogP contribution in [0.4, 0.5) is 0 Å². The Hall–Kier alpha value is -1.81. The first-order chi connectivity index (χ1) is 9.20. The van der Waals surface area contributed by atoms with Gasteiger partial charge in [0.25, 0.3) is 0 Å². The number of halogens is 1. The zero-order valence-electron chi connectivity index (χ0n) is 10.5. The minimum absolute atomic E-state index is 0.111. The summed E-state index contributed by atoms with van der Waals surface area (Å²) >= 11 is 6.05. The fraction of sp³-hybridized carbons (Fsp3) is 0.286. The molecule has 1 unspecified atom stereocenters. The highest BCUT2D eigenvalue weighted by Gasteiger charge is 2.32. The third kappa shape index (κ3) is 2.02. The molecule has 0 spiro atoms. The van der Waals surface area contributed by atoms with Crippen LogP contribution in [0.2, 0.25) is 5.02 Å². The predicted octanol–water partition coefficient (Wildman–Crippen LogP) is 2.74. The van der Waals surface area contributed by atoms with E-state index in [4.69, 9.17) is 16.3 Å². The Balaban J connectivity index is 1.89. The zero-order valence-corrected chi connectivity index (χ0v) is 11.2. The summed E-state index contributed by atoms with van der Waals surface area (Å²) < 4.78 is 7.31. The van der Waals surface area contributed by atoms with E-state index in [0.717, 1.165) is 11.3 Å². The van der Waals surface area contributed by atoms with Crippen molar-refractivity contribution in [2.45, 2.75) is 26.0 Å². The van der Waals surface area contributed by atoms with Gasteiger partial charge in [-0.05, 0) is 18.6 Å². The smallest absolute Gasteiger partial charge is 0.223 e. The molecule has 0 saturated carbocycles. The van der Waals surface area contributed by atoms with Gasteiger partial charge >= 0.3 is 0 Å². The van der Waals surface area contributed by atoms with Crippen molar-refractivity contribution >= 4 is 17.4 Å². The molecular weight excluding hydrogens is 264 g/mol. The molecule has 5 heteroatoms. The largest absolute Gasteiger partial charge is 0.482 e. The van der Waals surface area contributed by atoms with Gasteiger partial charge in [-0.3, -0.25) is 9.48 Å². The topological polar surface area (TPSA) is 44.1 Å². The molecule has 4 nitrogen and oxygen atoms in total. The summed E-state index contributed by atoms with van der Waals surface area (Å²) in [7, 11) is 0. The van der Waals surface area contributed by atoms with Crippen molar-refractivity contribution in [3.05, 3.63) is 46.7 Å². The number of para-hydroxylation sites is 1. The van der Waals surface area contributed by atoms with Gasteiger partial charge in [-0.1, -0.05) is 29.8 Å². The van der Waals surface area contributed by atoms with E-state index in [0.29, 0.717) is 23.7 Å². The number of aryl methyl sites for hydroxylation is 1. The number of ether oxygens (including phenoxy) is 1. The maximum atomic E-state index is 12.5. The summed E-state index contributed by atoms with van der Waals surface area (Å²) in [5.74, 6) is 0.667. The van der Waals surface area contributed by atoms with Crippen LogP contribution in [0, 0.1) is 0 Å². The second kappa shape index (κ2) is 4.70. The fourth-order valence-corrected chi connectivity index (χ4v) is 2.56. The van der Waals surface area contributed by atoms with E-state index >= 15 is 0 Å². The van der Waals surface area contributed by atoms with Gasteiger partial charge in [0, 0.05) is 13.0 Å². The molecule has 98 valence electrons. The number of hydrogen-bond acceptors (Lipinski definition) is 3. The fourth-order valence-electron chi connectivity index (χ4n) is 2.33. The SMILES string of the molecule is CCn1ncc(Cl)c1C(=O)C1Cc2ccccc2O1. The number of nitrogens with zero attached hydrogens (tertiary/aromatic N) is 2. The Bertz CT molecular complexity index is 611. The Morgan fingerprint density at radius 3 is 3.05 bits per heavy atom. The average Bonchev–Trinajstić information content (AvgIpc) is 3.01. The number of ketones is 1. The third-order valence-electron chi connectivity index (χ3n) is 3.27. The van der Waals surface area contributed by atoms with E-state index in [1.165, 1.54) is 6.20 Å². The number of fused-ring (bicyclic) bond motifs is 1. The quantitative estimate of drug-likeness (QED) is 0.810. The van der Waals surface area contributed by atoms with E-state index in [9.17, 15) is 4.79 Å². The van der Waals surface area contributed by atoms with E-state index in [1.54, 1.807) is 4.68 Å². The van der Waals surface area contributed by atoms with Crippen LogP contribution in [-0.4, -0.2) is 21.7 Å². The Morgan fingerprint density at radius 2 is 2.32 bits per heavy atom. The van der Waals surface area contributed by atoms with Crippen LogP contribution in [0.3, 0.4) is 0 Å². The molecule has 1 aromatic carbocycles. The van der Waals surface area contributed by atoms with E-state index < -0.39 is 6.10 Å². The maximum absolute atomic E-state index is 12.5. The van der Waals surface area contributed by atoms with Gasteiger partial charge < -0.3 is 4.74 Å². The van der Waals surface area contributed by atoms with Crippen LogP contribution >= 0.6 is 11.6 Å². The molecule has 19 heavy (non-hydrogen) atoms.